The van der Waals surface area contributed by atoms with Crippen molar-refractivity contribution in [2.45, 2.75) is 38.8 Å². The summed E-state index contributed by atoms with van der Waals surface area (Å²) in [7, 11) is 0. The smallest absolute Gasteiger partial charge is 0.319 e. The van der Waals surface area contributed by atoms with Gasteiger partial charge in [-0.2, -0.15) is 5.10 Å². The fraction of sp³-hybridized carbons (Fsp3) is 0.231. The van der Waals surface area contributed by atoms with Crippen molar-refractivity contribution in [2.75, 3.05) is 10.6 Å². The van der Waals surface area contributed by atoms with Crippen LogP contribution in [0, 0.1) is 0 Å². The number of nitrogens with one attached hydrogen (secondary N) is 3. The number of benzene rings is 2. The van der Waals surface area contributed by atoms with Gasteiger partial charge >= 0.3 is 6.03 Å². The number of urea groups is 1. The van der Waals surface area contributed by atoms with Crippen LogP contribution in [-0.4, -0.2) is 32.7 Å². The molecule has 8 nitrogen and oxygen atoms in total. The SMILES string of the molecule is CC(C)n1ncc2c(C(=O)Nc3ccc(NC(=O)NC4CC4)cc3)cc(-c3ccccc3)nc21. The second kappa shape index (κ2) is 8.97. The van der Waals surface area contributed by atoms with Crippen LogP contribution in [0.15, 0.2) is 66.9 Å². The molecular formula is C26H26N6O2. The summed E-state index contributed by atoms with van der Waals surface area (Å²) in [5, 5.41) is 13.8. The van der Waals surface area contributed by atoms with Gasteiger partial charge < -0.3 is 16.0 Å². The highest BCUT2D eigenvalue weighted by molar-refractivity contribution is 6.12. The van der Waals surface area contributed by atoms with Crippen LogP contribution in [0.2, 0.25) is 0 Å². The van der Waals surface area contributed by atoms with E-state index in [2.05, 4.69) is 21.0 Å². The molecule has 3 amide bonds. The Hall–Kier alpha value is -4.20. The average molecular weight is 455 g/mol. The minimum Gasteiger partial charge on any atom is -0.335 e. The van der Waals surface area contributed by atoms with E-state index in [-0.39, 0.29) is 24.0 Å². The molecule has 1 aliphatic carbocycles. The largest absolute Gasteiger partial charge is 0.335 e. The predicted molar refractivity (Wildman–Crippen MR) is 133 cm³/mol. The third-order valence-electron chi connectivity index (χ3n) is 5.68. The van der Waals surface area contributed by atoms with Gasteiger partial charge in [0.1, 0.15) is 0 Å². The van der Waals surface area contributed by atoms with Gasteiger partial charge in [-0.25, -0.2) is 14.5 Å². The molecule has 0 spiro atoms. The Morgan fingerprint density at radius 3 is 2.29 bits per heavy atom. The van der Waals surface area contributed by atoms with Crippen molar-refractivity contribution in [3.05, 3.63) is 72.4 Å². The molecule has 8 heteroatoms. The van der Waals surface area contributed by atoms with Gasteiger partial charge in [0, 0.05) is 29.0 Å². The van der Waals surface area contributed by atoms with Crippen LogP contribution in [0.1, 0.15) is 43.1 Å². The van der Waals surface area contributed by atoms with Crippen molar-refractivity contribution >= 4 is 34.3 Å². The van der Waals surface area contributed by atoms with Gasteiger partial charge in [0.2, 0.25) is 0 Å². The molecule has 0 atom stereocenters. The highest BCUT2D eigenvalue weighted by Gasteiger charge is 2.23. The second-order valence-corrected chi connectivity index (χ2v) is 8.75. The van der Waals surface area contributed by atoms with E-state index in [9.17, 15) is 9.59 Å². The molecule has 1 fully saturated rings. The van der Waals surface area contributed by atoms with Crippen molar-refractivity contribution in [1.82, 2.24) is 20.1 Å². The van der Waals surface area contributed by atoms with Gasteiger partial charge in [-0.05, 0) is 57.0 Å². The summed E-state index contributed by atoms with van der Waals surface area (Å²) in [5.41, 5.74) is 4.09. The Morgan fingerprint density at radius 1 is 0.971 bits per heavy atom. The number of nitrogens with zero attached hydrogens (tertiary/aromatic N) is 3. The number of anilines is 2. The zero-order valence-electron chi connectivity index (χ0n) is 19.1. The number of rotatable bonds is 6. The van der Waals surface area contributed by atoms with E-state index in [1.807, 2.05) is 48.9 Å². The zero-order chi connectivity index (χ0) is 23.7. The van der Waals surface area contributed by atoms with Gasteiger partial charge in [-0.3, -0.25) is 4.79 Å². The van der Waals surface area contributed by atoms with Crippen molar-refractivity contribution in [1.29, 1.82) is 0 Å². The number of carbonyl (C=O) groups is 2. The molecule has 1 aliphatic rings. The lowest BCUT2D eigenvalue weighted by atomic mass is 10.1. The van der Waals surface area contributed by atoms with Crippen molar-refractivity contribution < 1.29 is 9.59 Å². The lowest BCUT2D eigenvalue weighted by molar-refractivity contribution is 0.102. The fourth-order valence-corrected chi connectivity index (χ4v) is 3.76. The van der Waals surface area contributed by atoms with E-state index in [4.69, 9.17) is 4.98 Å². The standard InChI is InChI=1S/C26H26N6O2/c1-16(2)32-24-22(15-27-32)21(14-23(31-24)17-6-4-3-5-7-17)25(33)28-18-8-10-19(11-9-18)29-26(34)30-20-12-13-20/h3-11,14-16,20H,12-13H2,1-2H3,(H,28,33)(H2,29,30,34). The first kappa shape index (κ1) is 21.6. The van der Waals surface area contributed by atoms with E-state index in [0.29, 0.717) is 33.7 Å². The quantitative estimate of drug-likeness (QED) is 0.372. The first-order chi connectivity index (χ1) is 16.5. The summed E-state index contributed by atoms with van der Waals surface area (Å²) in [6, 6.07) is 18.8. The molecule has 0 aliphatic heterocycles. The summed E-state index contributed by atoms with van der Waals surface area (Å²) in [5.74, 6) is -0.250. The molecule has 172 valence electrons. The maximum absolute atomic E-state index is 13.3. The summed E-state index contributed by atoms with van der Waals surface area (Å²) in [6.45, 7) is 4.06. The van der Waals surface area contributed by atoms with Crippen LogP contribution in [0.25, 0.3) is 22.3 Å². The molecule has 0 saturated heterocycles. The van der Waals surface area contributed by atoms with Crippen LogP contribution in [-0.2, 0) is 0 Å². The Morgan fingerprint density at radius 2 is 1.65 bits per heavy atom. The molecule has 0 unspecified atom stereocenters. The molecule has 2 aromatic heterocycles. The third kappa shape index (κ3) is 4.61. The Labute approximate surface area is 197 Å². The van der Waals surface area contributed by atoms with Gasteiger partial charge in [-0.1, -0.05) is 30.3 Å². The van der Waals surface area contributed by atoms with Crippen LogP contribution >= 0.6 is 0 Å². The number of amides is 3. The molecule has 5 rings (SSSR count). The van der Waals surface area contributed by atoms with Crippen LogP contribution < -0.4 is 16.0 Å². The molecule has 4 aromatic rings. The normalized spacial score (nSPS) is 13.1. The maximum atomic E-state index is 13.3. The minimum absolute atomic E-state index is 0.101. The molecule has 0 bridgehead atoms. The third-order valence-corrected chi connectivity index (χ3v) is 5.68. The number of carbonyl (C=O) groups excluding carboxylic acids is 2. The van der Waals surface area contributed by atoms with Gasteiger partial charge in [-0.15, -0.1) is 0 Å². The number of pyridine rings is 1. The van der Waals surface area contributed by atoms with E-state index < -0.39 is 0 Å². The van der Waals surface area contributed by atoms with E-state index in [1.54, 1.807) is 36.5 Å². The zero-order valence-corrected chi connectivity index (χ0v) is 19.1. The summed E-state index contributed by atoms with van der Waals surface area (Å²) in [4.78, 5) is 30.1. The summed E-state index contributed by atoms with van der Waals surface area (Å²) in [6.07, 6.45) is 3.75. The fourth-order valence-electron chi connectivity index (χ4n) is 3.76. The summed E-state index contributed by atoms with van der Waals surface area (Å²) >= 11 is 0. The van der Waals surface area contributed by atoms with Crippen molar-refractivity contribution in [3.63, 3.8) is 0 Å². The van der Waals surface area contributed by atoms with Gasteiger partial charge in [0.15, 0.2) is 5.65 Å². The second-order valence-electron chi connectivity index (χ2n) is 8.75. The summed E-state index contributed by atoms with van der Waals surface area (Å²) < 4.78 is 1.83. The molecular weight excluding hydrogens is 428 g/mol. The molecule has 2 heterocycles. The molecule has 3 N–H and O–H groups in total. The van der Waals surface area contributed by atoms with E-state index in [0.717, 1.165) is 18.4 Å². The minimum atomic E-state index is -0.250. The van der Waals surface area contributed by atoms with Gasteiger partial charge in [0.05, 0.1) is 22.8 Å². The Kier molecular flexibility index (Phi) is 5.71. The Bertz CT molecular complexity index is 1340. The number of aromatic nitrogens is 3. The van der Waals surface area contributed by atoms with Crippen LogP contribution in [0.4, 0.5) is 16.2 Å². The number of hydrogen-bond donors (Lipinski definition) is 3. The molecule has 2 aromatic carbocycles. The first-order valence-electron chi connectivity index (χ1n) is 11.4. The lowest BCUT2D eigenvalue weighted by Gasteiger charge is -2.12. The predicted octanol–water partition coefficient (Wildman–Crippen LogP) is 5.22. The van der Waals surface area contributed by atoms with Crippen molar-refractivity contribution in [3.8, 4) is 11.3 Å². The lowest BCUT2D eigenvalue weighted by Crippen LogP contribution is -2.30. The highest BCUT2D eigenvalue weighted by atomic mass is 16.2. The highest BCUT2D eigenvalue weighted by Crippen LogP contribution is 2.27. The Balaban J connectivity index is 1.41. The van der Waals surface area contributed by atoms with Crippen LogP contribution in [0.5, 0.6) is 0 Å². The average Bonchev–Trinajstić information content (AvgIpc) is 3.54. The molecule has 1 saturated carbocycles. The monoisotopic (exact) mass is 454 g/mol. The van der Waals surface area contributed by atoms with Crippen molar-refractivity contribution in [2.24, 2.45) is 0 Å². The van der Waals surface area contributed by atoms with Crippen LogP contribution in [0.3, 0.4) is 0 Å². The number of hydrogen-bond acceptors (Lipinski definition) is 4. The maximum Gasteiger partial charge on any atom is 0.319 e. The molecule has 34 heavy (non-hydrogen) atoms. The molecule has 0 radical (unpaired) electrons. The van der Waals surface area contributed by atoms with E-state index >= 15 is 0 Å². The van der Waals surface area contributed by atoms with Gasteiger partial charge in [0.25, 0.3) is 5.91 Å². The first-order valence-corrected chi connectivity index (χ1v) is 11.4. The topological polar surface area (TPSA) is 101 Å². The number of fused-ring (bicyclic) bond motifs is 1. The van der Waals surface area contributed by atoms with E-state index in [1.165, 1.54) is 0 Å².